The molecule has 2 rings (SSSR count). The molecular weight excluding hydrogens is 273 g/mol. The monoisotopic (exact) mass is 289 g/mol. The first kappa shape index (κ1) is 15.0. The average molecular weight is 289 g/mol. The predicted octanol–water partition coefficient (Wildman–Crippen LogP) is 2.17. The third-order valence-corrected chi connectivity index (χ3v) is 3.19. The maximum absolute atomic E-state index is 12.9. The lowest BCUT2D eigenvalue weighted by atomic mass is 9.96. The molecule has 110 valence electrons. The number of rotatable bonds is 4. The number of hydrogen-bond acceptors (Lipinski definition) is 3. The van der Waals surface area contributed by atoms with Crippen LogP contribution in [0.15, 0.2) is 48.5 Å². The van der Waals surface area contributed by atoms with Crippen LogP contribution in [0.1, 0.15) is 22.8 Å². The molecule has 0 aliphatic carbocycles. The minimum atomic E-state index is -1.24. The molecule has 2 aromatic carbocycles. The third kappa shape index (κ3) is 3.58. The molecule has 2 aromatic rings. The van der Waals surface area contributed by atoms with Gasteiger partial charge in [0.15, 0.2) is 0 Å². The maximum atomic E-state index is 12.9. The summed E-state index contributed by atoms with van der Waals surface area (Å²) < 4.78 is 12.9. The quantitative estimate of drug-likeness (QED) is 0.808. The number of amides is 1. The van der Waals surface area contributed by atoms with Crippen molar-refractivity contribution in [1.29, 1.82) is 0 Å². The molecule has 4 nitrogen and oxygen atoms in total. The number of phenols is 1. The van der Waals surface area contributed by atoms with E-state index in [9.17, 15) is 19.4 Å². The first-order valence-electron chi connectivity index (χ1n) is 6.45. The number of carbonyl (C=O) groups excluding carboxylic acids is 1. The second kappa shape index (κ2) is 5.93. The first-order valence-corrected chi connectivity index (χ1v) is 6.45. The van der Waals surface area contributed by atoms with Gasteiger partial charge in [-0.3, -0.25) is 4.79 Å². The Labute approximate surface area is 121 Å². The van der Waals surface area contributed by atoms with Gasteiger partial charge in [-0.05, 0) is 24.6 Å². The van der Waals surface area contributed by atoms with E-state index in [1.165, 1.54) is 6.07 Å². The van der Waals surface area contributed by atoms with Crippen molar-refractivity contribution in [3.05, 3.63) is 65.5 Å². The van der Waals surface area contributed by atoms with E-state index in [4.69, 9.17) is 0 Å². The van der Waals surface area contributed by atoms with Gasteiger partial charge in [-0.25, -0.2) is 4.39 Å². The summed E-state index contributed by atoms with van der Waals surface area (Å²) in [4.78, 5) is 12.0. The number of halogens is 1. The molecule has 5 heteroatoms. The number of benzene rings is 2. The van der Waals surface area contributed by atoms with E-state index in [0.717, 1.165) is 12.1 Å². The fourth-order valence-electron chi connectivity index (χ4n) is 1.94. The van der Waals surface area contributed by atoms with Gasteiger partial charge in [-0.1, -0.05) is 30.3 Å². The Morgan fingerprint density at radius 3 is 2.52 bits per heavy atom. The molecule has 0 bridgehead atoms. The molecule has 0 aromatic heterocycles. The number of hydrogen-bond donors (Lipinski definition) is 3. The summed E-state index contributed by atoms with van der Waals surface area (Å²) in [6.45, 7) is 1.54. The summed E-state index contributed by atoms with van der Waals surface area (Å²) >= 11 is 0. The van der Waals surface area contributed by atoms with Crippen LogP contribution in [0.3, 0.4) is 0 Å². The van der Waals surface area contributed by atoms with Crippen LogP contribution >= 0.6 is 0 Å². The highest BCUT2D eigenvalue weighted by Gasteiger charge is 2.24. The molecular formula is C16H16FNO3. The van der Waals surface area contributed by atoms with Crippen molar-refractivity contribution in [3.8, 4) is 5.75 Å². The average Bonchev–Trinajstić information content (AvgIpc) is 2.46. The summed E-state index contributed by atoms with van der Waals surface area (Å²) in [5.74, 6) is -1.64. The van der Waals surface area contributed by atoms with E-state index in [0.29, 0.717) is 5.56 Å². The van der Waals surface area contributed by atoms with E-state index >= 15 is 0 Å². The predicted molar refractivity (Wildman–Crippen MR) is 76.4 cm³/mol. The van der Waals surface area contributed by atoms with Crippen LogP contribution in [-0.2, 0) is 5.60 Å². The van der Waals surface area contributed by atoms with Gasteiger partial charge in [-0.2, -0.15) is 0 Å². The van der Waals surface area contributed by atoms with Gasteiger partial charge in [0.1, 0.15) is 17.2 Å². The summed E-state index contributed by atoms with van der Waals surface area (Å²) in [6, 6.07) is 12.1. The highest BCUT2D eigenvalue weighted by molar-refractivity contribution is 5.96. The summed E-state index contributed by atoms with van der Waals surface area (Å²) in [6.07, 6.45) is 0. The molecule has 0 radical (unpaired) electrons. The van der Waals surface area contributed by atoms with E-state index < -0.39 is 23.1 Å². The van der Waals surface area contributed by atoms with Gasteiger partial charge >= 0.3 is 0 Å². The van der Waals surface area contributed by atoms with Crippen molar-refractivity contribution >= 4 is 5.91 Å². The largest absolute Gasteiger partial charge is 0.507 e. The van der Waals surface area contributed by atoms with Gasteiger partial charge in [0.2, 0.25) is 0 Å². The molecule has 0 aliphatic rings. The summed E-state index contributed by atoms with van der Waals surface area (Å²) in [7, 11) is 0. The second-order valence-corrected chi connectivity index (χ2v) is 4.98. The molecule has 1 unspecified atom stereocenters. The van der Waals surface area contributed by atoms with Crippen LogP contribution < -0.4 is 5.32 Å². The van der Waals surface area contributed by atoms with E-state index in [1.54, 1.807) is 31.2 Å². The van der Waals surface area contributed by atoms with Crippen molar-refractivity contribution in [2.45, 2.75) is 12.5 Å². The zero-order valence-corrected chi connectivity index (χ0v) is 11.5. The lowest BCUT2D eigenvalue weighted by Gasteiger charge is -2.24. The maximum Gasteiger partial charge on any atom is 0.255 e. The SMILES string of the molecule is CC(O)(CNC(=O)c1ccc(F)cc1O)c1ccccc1. The Morgan fingerprint density at radius 1 is 1.24 bits per heavy atom. The van der Waals surface area contributed by atoms with Gasteiger partial charge in [-0.15, -0.1) is 0 Å². The second-order valence-electron chi connectivity index (χ2n) is 4.98. The fourth-order valence-corrected chi connectivity index (χ4v) is 1.94. The smallest absolute Gasteiger partial charge is 0.255 e. The first-order chi connectivity index (χ1) is 9.90. The van der Waals surface area contributed by atoms with Crippen LogP contribution in [0.4, 0.5) is 4.39 Å². The van der Waals surface area contributed by atoms with E-state index in [1.807, 2.05) is 6.07 Å². The Morgan fingerprint density at radius 2 is 1.90 bits per heavy atom. The minimum Gasteiger partial charge on any atom is -0.507 e. The third-order valence-electron chi connectivity index (χ3n) is 3.19. The molecule has 1 atom stereocenters. The van der Waals surface area contributed by atoms with Crippen molar-refractivity contribution in [1.82, 2.24) is 5.32 Å². The Balaban J connectivity index is 2.07. The van der Waals surface area contributed by atoms with Gasteiger partial charge in [0.05, 0.1) is 12.1 Å². The van der Waals surface area contributed by atoms with E-state index in [-0.39, 0.29) is 12.1 Å². The standard InChI is InChI=1S/C16H16FNO3/c1-16(21,11-5-3-2-4-6-11)10-18-15(20)13-8-7-12(17)9-14(13)19/h2-9,19,21H,10H2,1H3,(H,18,20). The topological polar surface area (TPSA) is 69.6 Å². The Bertz CT molecular complexity index is 641. The Kier molecular flexibility index (Phi) is 4.23. The number of aromatic hydroxyl groups is 1. The molecule has 0 saturated heterocycles. The number of aliphatic hydroxyl groups is 1. The van der Waals surface area contributed by atoms with E-state index in [2.05, 4.69) is 5.32 Å². The lowest BCUT2D eigenvalue weighted by molar-refractivity contribution is 0.0525. The van der Waals surface area contributed by atoms with Crippen molar-refractivity contribution in [2.24, 2.45) is 0 Å². The molecule has 0 heterocycles. The van der Waals surface area contributed by atoms with Crippen LogP contribution in [0.5, 0.6) is 5.75 Å². The van der Waals surface area contributed by atoms with Gasteiger partial charge < -0.3 is 15.5 Å². The highest BCUT2D eigenvalue weighted by atomic mass is 19.1. The van der Waals surface area contributed by atoms with Crippen molar-refractivity contribution in [3.63, 3.8) is 0 Å². The molecule has 21 heavy (non-hydrogen) atoms. The normalized spacial score (nSPS) is 13.5. The zero-order valence-electron chi connectivity index (χ0n) is 11.5. The zero-order chi connectivity index (χ0) is 15.5. The fraction of sp³-hybridized carbons (Fsp3) is 0.188. The molecule has 0 spiro atoms. The molecule has 1 amide bonds. The molecule has 0 fully saturated rings. The summed E-state index contributed by atoms with van der Waals surface area (Å²) in [5.41, 5.74) is -0.624. The molecule has 0 aliphatic heterocycles. The van der Waals surface area contributed by atoms with Crippen molar-refractivity contribution in [2.75, 3.05) is 6.54 Å². The van der Waals surface area contributed by atoms with Crippen molar-refractivity contribution < 1.29 is 19.4 Å². The van der Waals surface area contributed by atoms with Crippen LogP contribution in [-0.4, -0.2) is 22.7 Å². The van der Waals surface area contributed by atoms with Crippen LogP contribution in [0.2, 0.25) is 0 Å². The molecule has 3 N–H and O–H groups in total. The number of nitrogens with one attached hydrogen (secondary N) is 1. The highest BCUT2D eigenvalue weighted by Crippen LogP contribution is 2.21. The van der Waals surface area contributed by atoms with Crippen LogP contribution in [0.25, 0.3) is 0 Å². The Hall–Kier alpha value is -2.40. The van der Waals surface area contributed by atoms with Gasteiger partial charge in [0, 0.05) is 6.07 Å². The number of carbonyl (C=O) groups is 1. The molecule has 0 saturated carbocycles. The number of phenolic OH excluding ortho intramolecular Hbond substituents is 1. The minimum absolute atomic E-state index is 0.0351. The summed E-state index contributed by atoms with van der Waals surface area (Å²) in [5, 5.41) is 22.4. The van der Waals surface area contributed by atoms with Crippen LogP contribution in [0, 0.1) is 5.82 Å². The van der Waals surface area contributed by atoms with Gasteiger partial charge in [0.25, 0.3) is 5.91 Å². The lowest BCUT2D eigenvalue weighted by Crippen LogP contribution is -2.38.